The van der Waals surface area contributed by atoms with Crippen LogP contribution in [0.25, 0.3) is 0 Å². The van der Waals surface area contributed by atoms with Gasteiger partial charge in [0.25, 0.3) is 0 Å². The molecule has 0 aromatic carbocycles. The third-order valence-electron chi connectivity index (χ3n) is 0.413. The molecular weight excluding hydrogens is 80.0 g/mol. The molecule has 0 saturated carbocycles. The zero-order chi connectivity index (χ0) is 4.99. The van der Waals surface area contributed by atoms with Crippen LogP contribution in [0, 0.1) is 0 Å². The van der Waals surface area contributed by atoms with Crippen molar-refractivity contribution in [1.29, 1.82) is 0 Å². The first kappa shape index (κ1) is 5.88. The van der Waals surface area contributed by atoms with Crippen LogP contribution in [0.5, 0.6) is 0 Å². The molecule has 0 aromatic heterocycles. The highest BCUT2D eigenvalue weighted by Gasteiger charge is 1.83. The average Bonchev–Trinajstić information content (AvgIpc) is 1.35. The normalized spacial score (nSPS) is 14.5. The van der Waals surface area contributed by atoms with Gasteiger partial charge in [-0.15, -0.1) is 0 Å². The molecule has 4 N–H and O–H groups in total. The molecule has 38 valence electrons. The van der Waals surface area contributed by atoms with E-state index in [0.29, 0.717) is 6.67 Å². The minimum Gasteiger partial charge on any atom is -0.379 e. The van der Waals surface area contributed by atoms with Crippen molar-refractivity contribution in [3.63, 3.8) is 0 Å². The van der Waals surface area contributed by atoms with Crippen molar-refractivity contribution in [3.05, 3.63) is 0 Å². The van der Waals surface area contributed by atoms with Crippen LogP contribution < -0.4 is 11.1 Å². The second-order valence-corrected chi connectivity index (χ2v) is 1.08. The molecular formula is C3H10N2O. The van der Waals surface area contributed by atoms with Gasteiger partial charge in [0.1, 0.15) is 6.23 Å². The van der Waals surface area contributed by atoms with Gasteiger partial charge in [0, 0.05) is 6.67 Å². The summed E-state index contributed by atoms with van der Waals surface area (Å²) in [6.07, 6.45) is -0.477. The van der Waals surface area contributed by atoms with Gasteiger partial charge in [-0.1, -0.05) is 0 Å². The quantitative estimate of drug-likeness (QED) is 0.374. The Kier molecular flexibility index (Phi) is 3.02. The van der Waals surface area contributed by atoms with Crippen LogP contribution in [-0.2, 0) is 0 Å². The molecule has 0 aliphatic rings. The molecule has 0 fully saturated rings. The molecule has 3 heteroatoms. The molecule has 1 unspecified atom stereocenters. The molecule has 0 aliphatic heterocycles. The number of aliphatic hydroxyl groups is 1. The lowest BCUT2D eigenvalue weighted by atomic mass is 10.7. The summed E-state index contributed by atoms with van der Waals surface area (Å²) in [5.41, 5.74) is 4.96. The number of rotatable bonds is 2. The van der Waals surface area contributed by atoms with E-state index >= 15 is 0 Å². The number of hydrogen-bond acceptors (Lipinski definition) is 3. The van der Waals surface area contributed by atoms with E-state index in [2.05, 4.69) is 5.32 Å². The van der Waals surface area contributed by atoms with Crippen LogP contribution in [0.4, 0.5) is 0 Å². The zero-order valence-corrected chi connectivity index (χ0v) is 3.81. The number of aliphatic hydroxyl groups excluding tert-OH is 1. The SMILES string of the molecule is CC(O)NCN. The van der Waals surface area contributed by atoms with E-state index in [-0.39, 0.29) is 0 Å². The minimum atomic E-state index is -0.477. The lowest BCUT2D eigenvalue weighted by Crippen LogP contribution is -2.30. The van der Waals surface area contributed by atoms with Crippen molar-refractivity contribution in [2.45, 2.75) is 13.2 Å². The average molecular weight is 90.1 g/mol. The molecule has 0 saturated heterocycles. The van der Waals surface area contributed by atoms with E-state index in [0.717, 1.165) is 0 Å². The van der Waals surface area contributed by atoms with Gasteiger partial charge in [0.2, 0.25) is 0 Å². The van der Waals surface area contributed by atoms with Gasteiger partial charge in [-0.25, -0.2) is 0 Å². The van der Waals surface area contributed by atoms with E-state index in [4.69, 9.17) is 10.8 Å². The maximum absolute atomic E-state index is 8.36. The van der Waals surface area contributed by atoms with E-state index in [1.165, 1.54) is 0 Å². The molecule has 0 rings (SSSR count). The first-order valence-electron chi connectivity index (χ1n) is 1.89. The Labute approximate surface area is 37.2 Å². The van der Waals surface area contributed by atoms with E-state index in [1.807, 2.05) is 0 Å². The van der Waals surface area contributed by atoms with Gasteiger partial charge in [0.05, 0.1) is 0 Å². The molecule has 0 bridgehead atoms. The molecule has 3 nitrogen and oxygen atoms in total. The largest absolute Gasteiger partial charge is 0.379 e. The third kappa shape index (κ3) is 3.88. The van der Waals surface area contributed by atoms with Gasteiger partial charge in [-0.3, -0.25) is 5.32 Å². The highest BCUT2D eigenvalue weighted by Crippen LogP contribution is 1.62. The van der Waals surface area contributed by atoms with E-state index < -0.39 is 6.23 Å². The summed E-state index contributed by atoms with van der Waals surface area (Å²) in [4.78, 5) is 0. The number of nitrogens with one attached hydrogen (secondary N) is 1. The van der Waals surface area contributed by atoms with Crippen LogP contribution in [0.2, 0.25) is 0 Å². The first-order chi connectivity index (χ1) is 2.77. The van der Waals surface area contributed by atoms with Gasteiger partial charge in [-0.2, -0.15) is 0 Å². The topological polar surface area (TPSA) is 58.3 Å². The summed E-state index contributed by atoms with van der Waals surface area (Å²) in [6.45, 7) is 1.95. The van der Waals surface area contributed by atoms with Crippen molar-refractivity contribution in [2.24, 2.45) is 5.73 Å². The smallest absolute Gasteiger partial charge is 0.103 e. The Morgan fingerprint density at radius 3 is 2.50 bits per heavy atom. The highest BCUT2D eigenvalue weighted by molar-refractivity contribution is 4.35. The summed E-state index contributed by atoms with van der Waals surface area (Å²) in [5, 5.41) is 10.9. The summed E-state index contributed by atoms with van der Waals surface area (Å²) < 4.78 is 0. The maximum atomic E-state index is 8.36. The molecule has 0 heterocycles. The number of hydrogen-bond donors (Lipinski definition) is 3. The fourth-order valence-electron chi connectivity index (χ4n) is 0.171. The van der Waals surface area contributed by atoms with Gasteiger partial charge < -0.3 is 10.8 Å². The maximum Gasteiger partial charge on any atom is 0.103 e. The van der Waals surface area contributed by atoms with Crippen LogP contribution in [0.15, 0.2) is 0 Å². The summed E-state index contributed by atoms with van der Waals surface area (Å²) >= 11 is 0. The Balaban J connectivity index is 2.63. The molecule has 1 atom stereocenters. The van der Waals surface area contributed by atoms with E-state index in [9.17, 15) is 0 Å². The summed E-state index contributed by atoms with van der Waals surface area (Å²) in [7, 11) is 0. The fraction of sp³-hybridized carbons (Fsp3) is 1.00. The van der Waals surface area contributed by atoms with Gasteiger partial charge in [-0.05, 0) is 6.92 Å². The highest BCUT2D eigenvalue weighted by atomic mass is 16.3. The van der Waals surface area contributed by atoms with Crippen molar-refractivity contribution in [2.75, 3.05) is 6.67 Å². The molecule has 0 radical (unpaired) electrons. The number of nitrogens with two attached hydrogens (primary N) is 1. The lowest BCUT2D eigenvalue weighted by Gasteiger charge is -2.00. The monoisotopic (exact) mass is 90.1 g/mol. The molecule has 6 heavy (non-hydrogen) atoms. The predicted octanol–water partition coefficient (Wildman–Crippen LogP) is -1.17. The summed E-state index contributed by atoms with van der Waals surface area (Å²) in [5.74, 6) is 0. The van der Waals surface area contributed by atoms with Gasteiger partial charge in [0.15, 0.2) is 0 Å². The molecule has 0 amide bonds. The lowest BCUT2D eigenvalue weighted by molar-refractivity contribution is 0.158. The second-order valence-electron chi connectivity index (χ2n) is 1.08. The second kappa shape index (κ2) is 3.08. The van der Waals surface area contributed by atoms with Crippen LogP contribution >= 0.6 is 0 Å². The van der Waals surface area contributed by atoms with Crippen molar-refractivity contribution < 1.29 is 5.11 Å². The van der Waals surface area contributed by atoms with Crippen LogP contribution in [-0.4, -0.2) is 18.0 Å². The zero-order valence-electron chi connectivity index (χ0n) is 3.81. The molecule has 0 spiro atoms. The Bertz CT molecular complexity index is 30.0. The standard InChI is InChI=1S/C3H10N2O/c1-3(6)5-2-4/h3,5-6H,2,4H2,1H3. The first-order valence-corrected chi connectivity index (χ1v) is 1.89. The van der Waals surface area contributed by atoms with Crippen LogP contribution in [0.3, 0.4) is 0 Å². The van der Waals surface area contributed by atoms with E-state index in [1.54, 1.807) is 6.92 Å². The third-order valence-corrected chi connectivity index (χ3v) is 0.413. The summed E-state index contributed by atoms with van der Waals surface area (Å²) in [6, 6.07) is 0. The van der Waals surface area contributed by atoms with Gasteiger partial charge >= 0.3 is 0 Å². The van der Waals surface area contributed by atoms with Crippen LogP contribution in [0.1, 0.15) is 6.92 Å². The Hall–Kier alpha value is -0.120. The van der Waals surface area contributed by atoms with Crippen molar-refractivity contribution in [1.82, 2.24) is 5.32 Å². The van der Waals surface area contributed by atoms with Crippen molar-refractivity contribution >= 4 is 0 Å². The van der Waals surface area contributed by atoms with Crippen molar-refractivity contribution in [3.8, 4) is 0 Å². The predicted molar refractivity (Wildman–Crippen MR) is 23.9 cm³/mol. The Morgan fingerprint density at radius 1 is 2.00 bits per heavy atom. The fourth-order valence-corrected chi connectivity index (χ4v) is 0.171. The Morgan fingerprint density at radius 2 is 2.50 bits per heavy atom. The minimum absolute atomic E-state index is 0.331. The molecule has 0 aromatic rings. The molecule has 0 aliphatic carbocycles.